The molecule has 0 saturated carbocycles. The van der Waals surface area contributed by atoms with E-state index in [9.17, 15) is 4.79 Å². The predicted octanol–water partition coefficient (Wildman–Crippen LogP) is 4.63. The van der Waals surface area contributed by atoms with E-state index in [1.54, 1.807) is 0 Å². The van der Waals surface area contributed by atoms with E-state index in [1.807, 2.05) is 53.5 Å². The molecule has 0 aromatic heterocycles. The van der Waals surface area contributed by atoms with Crippen LogP contribution >= 0.6 is 23.2 Å². The first-order chi connectivity index (χ1) is 16.1. The van der Waals surface area contributed by atoms with Crippen LogP contribution in [0.1, 0.15) is 24.8 Å². The number of halogens is 2. The van der Waals surface area contributed by atoms with Gasteiger partial charge in [-0.3, -0.25) is 10.3 Å². The molecule has 0 bridgehead atoms. The van der Waals surface area contributed by atoms with Crippen LogP contribution in [0.5, 0.6) is 0 Å². The molecule has 2 aliphatic heterocycles. The van der Waals surface area contributed by atoms with Gasteiger partial charge in [-0.1, -0.05) is 59.6 Å². The molecule has 0 unspecified atom stereocenters. The van der Waals surface area contributed by atoms with E-state index in [-0.39, 0.29) is 6.03 Å². The van der Waals surface area contributed by atoms with Gasteiger partial charge in [0, 0.05) is 45.8 Å². The number of anilines is 1. The molecule has 2 heterocycles. The number of urea groups is 1. The Bertz CT molecular complexity index is 897. The Labute approximate surface area is 206 Å². The van der Waals surface area contributed by atoms with Crippen molar-refractivity contribution in [3.8, 4) is 0 Å². The molecule has 0 spiro atoms. The lowest BCUT2D eigenvalue weighted by molar-refractivity contribution is 0.120. The molecule has 0 atom stereocenters. The zero-order valence-electron chi connectivity index (χ0n) is 19.0. The monoisotopic (exact) mass is 489 g/mol. The lowest BCUT2D eigenvalue weighted by atomic mass is 9.94. The van der Waals surface area contributed by atoms with Crippen molar-refractivity contribution in [3.63, 3.8) is 0 Å². The molecule has 6 nitrogen and oxygen atoms in total. The number of piperidine rings is 1. The van der Waals surface area contributed by atoms with Gasteiger partial charge in [-0.15, -0.1) is 0 Å². The summed E-state index contributed by atoms with van der Waals surface area (Å²) in [5.74, 6) is 0.718. The zero-order valence-corrected chi connectivity index (χ0v) is 20.5. The maximum atomic E-state index is 12.2. The first-order valence-corrected chi connectivity index (χ1v) is 12.6. The highest BCUT2D eigenvalue weighted by Gasteiger charge is 2.23. The lowest BCUT2D eigenvalue weighted by Gasteiger charge is -2.38. The molecule has 178 valence electrons. The van der Waals surface area contributed by atoms with Crippen molar-refractivity contribution in [1.82, 2.24) is 20.7 Å². The van der Waals surface area contributed by atoms with Gasteiger partial charge in [0.2, 0.25) is 0 Å². The average molecular weight is 490 g/mol. The highest BCUT2D eigenvalue weighted by molar-refractivity contribution is 6.43. The first kappa shape index (κ1) is 24.1. The molecule has 2 fully saturated rings. The van der Waals surface area contributed by atoms with Gasteiger partial charge < -0.3 is 10.2 Å². The van der Waals surface area contributed by atoms with Crippen molar-refractivity contribution in [2.24, 2.45) is 5.92 Å². The Hall–Kier alpha value is -1.99. The van der Waals surface area contributed by atoms with E-state index in [2.05, 4.69) is 20.5 Å². The molecule has 0 radical (unpaired) electrons. The van der Waals surface area contributed by atoms with Crippen molar-refractivity contribution in [2.45, 2.75) is 25.8 Å². The van der Waals surface area contributed by atoms with E-state index in [0.29, 0.717) is 16.6 Å². The number of carbonyl (C=O) groups excluding carboxylic acids is 1. The fourth-order valence-corrected chi connectivity index (χ4v) is 5.02. The summed E-state index contributed by atoms with van der Waals surface area (Å²) in [5.41, 5.74) is 5.13. The number of hydrazine groups is 1. The minimum absolute atomic E-state index is 0.130. The number of piperazine rings is 1. The Balaban J connectivity index is 1.11. The largest absolute Gasteiger partial charge is 0.368 e. The Morgan fingerprint density at radius 3 is 2.36 bits per heavy atom. The maximum absolute atomic E-state index is 12.2. The second kappa shape index (κ2) is 11.9. The Kier molecular flexibility index (Phi) is 8.73. The molecule has 33 heavy (non-hydrogen) atoms. The molecule has 2 saturated heterocycles. The summed E-state index contributed by atoms with van der Waals surface area (Å²) in [4.78, 5) is 17.1. The van der Waals surface area contributed by atoms with Crippen molar-refractivity contribution < 1.29 is 4.79 Å². The van der Waals surface area contributed by atoms with Crippen LogP contribution in [0, 0.1) is 5.92 Å². The quantitative estimate of drug-likeness (QED) is 0.594. The van der Waals surface area contributed by atoms with Crippen molar-refractivity contribution in [3.05, 3.63) is 64.1 Å². The molecular weight excluding hydrogens is 457 g/mol. The Morgan fingerprint density at radius 1 is 0.909 bits per heavy atom. The van der Waals surface area contributed by atoms with Crippen LogP contribution in [-0.4, -0.2) is 61.8 Å². The minimum Gasteiger partial charge on any atom is -0.368 e. The number of amides is 2. The molecule has 2 aromatic carbocycles. The topological polar surface area (TPSA) is 50.9 Å². The average Bonchev–Trinajstić information content (AvgIpc) is 2.85. The minimum atomic E-state index is -0.130. The van der Waals surface area contributed by atoms with Gasteiger partial charge in [-0.2, -0.15) is 0 Å². The fraction of sp³-hybridized carbons (Fsp3) is 0.480. The van der Waals surface area contributed by atoms with Gasteiger partial charge in [-0.25, -0.2) is 9.80 Å². The van der Waals surface area contributed by atoms with Crippen molar-refractivity contribution in [1.29, 1.82) is 0 Å². The van der Waals surface area contributed by atoms with Gasteiger partial charge in [-0.05, 0) is 49.4 Å². The summed E-state index contributed by atoms with van der Waals surface area (Å²) >= 11 is 12.6. The van der Waals surface area contributed by atoms with Crippen LogP contribution in [0.2, 0.25) is 10.0 Å². The molecule has 0 aliphatic carbocycles. The van der Waals surface area contributed by atoms with Crippen molar-refractivity contribution >= 4 is 34.9 Å². The van der Waals surface area contributed by atoms with E-state index >= 15 is 0 Å². The molecule has 4 rings (SSSR count). The predicted molar refractivity (Wildman–Crippen MR) is 136 cm³/mol. The van der Waals surface area contributed by atoms with Gasteiger partial charge >= 0.3 is 6.03 Å². The molecule has 2 aromatic rings. The zero-order chi connectivity index (χ0) is 23.0. The van der Waals surface area contributed by atoms with E-state index in [0.717, 1.165) is 75.8 Å². The second-order valence-corrected chi connectivity index (χ2v) is 9.69. The van der Waals surface area contributed by atoms with Gasteiger partial charge in [0.15, 0.2) is 0 Å². The fourth-order valence-electron chi connectivity index (χ4n) is 4.61. The molecule has 8 heteroatoms. The van der Waals surface area contributed by atoms with Crippen LogP contribution in [0.3, 0.4) is 0 Å². The SMILES string of the molecule is O=C(NCc1ccccc1)NN1CCC(CCN2CCN(c3cccc(Cl)c3Cl)CC2)CC1. The third-order valence-electron chi connectivity index (χ3n) is 6.67. The van der Waals surface area contributed by atoms with Crippen LogP contribution in [0.15, 0.2) is 48.5 Å². The summed E-state index contributed by atoms with van der Waals surface area (Å²) in [5, 5.41) is 6.25. The van der Waals surface area contributed by atoms with Gasteiger partial charge in [0.1, 0.15) is 0 Å². The van der Waals surface area contributed by atoms with E-state index in [4.69, 9.17) is 23.2 Å². The molecule has 2 amide bonds. The lowest BCUT2D eigenvalue weighted by Crippen LogP contribution is -2.50. The first-order valence-electron chi connectivity index (χ1n) is 11.8. The summed E-state index contributed by atoms with van der Waals surface area (Å²) in [6.45, 7) is 7.53. The van der Waals surface area contributed by atoms with Gasteiger partial charge in [0.05, 0.1) is 15.7 Å². The number of nitrogens with one attached hydrogen (secondary N) is 2. The van der Waals surface area contributed by atoms with Crippen LogP contribution < -0.4 is 15.6 Å². The van der Waals surface area contributed by atoms with Crippen LogP contribution in [0.4, 0.5) is 10.5 Å². The number of hydrogen-bond donors (Lipinski definition) is 2. The highest BCUT2D eigenvalue weighted by Crippen LogP contribution is 2.33. The number of carbonyl (C=O) groups is 1. The smallest absolute Gasteiger partial charge is 0.329 e. The third-order valence-corrected chi connectivity index (χ3v) is 7.48. The highest BCUT2D eigenvalue weighted by atomic mass is 35.5. The maximum Gasteiger partial charge on any atom is 0.329 e. The van der Waals surface area contributed by atoms with Gasteiger partial charge in [0.25, 0.3) is 0 Å². The molecule has 2 aliphatic rings. The number of rotatable bonds is 7. The summed E-state index contributed by atoms with van der Waals surface area (Å²) in [6.07, 6.45) is 3.46. The summed E-state index contributed by atoms with van der Waals surface area (Å²) in [6, 6.07) is 15.7. The number of hydrogen-bond acceptors (Lipinski definition) is 4. The number of benzene rings is 2. The third kappa shape index (κ3) is 7.00. The summed E-state index contributed by atoms with van der Waals surface area (Å²) in [7, 11) is 0. The normalized spacial score (nSPS) is 18.3. The number of nitrogens with zero attached hydrogens (tertiary/aromatic N) is 3. The van der Waals surface area contributed by atoms with Crippen LogP contribution in [0.25, 0.3) is 0 Å². The second-order valence-electron chi connectivity index (χ2n) is 8.90. The summed E-state index contributed by atoms with van der Waals surface area (Å²) < 4.78 is 0. The Morgan fingerprint density at radius 2 is 1.64 bits per heavy atom. The van der Waals surface area contributed by atoms with Crippen LogP contribution in [-0.2, 0) is 6.54 Å². The van der Waals surface area contributed by atoms with Crippen molar-refractivity contribution in [2.75, 3.05) is 50.7 Å². The standard InChI is InChI=1S/C25H33Cl2N5O/c26-22-7-4-8-23(24(22)27)31-17-15-30(16-18-31)12-9-20-10-13-32(14-11-20)29-25(33)28-19-21-5-2-1-3-6-21/h1-8,20H,9-19H2,(H2,28,29,33). The molecule has 2 N–H and O–H groups in total. The molecular formula is C25H33Cl2N5O. The van der Waals surface area contributed by atoms with E-state index < -0.39 is 0 Å². The van der Waals surface area contributed by atoms with E-state index in [1.165, 1.54) is 6.42 Å².